The molecule has 0 aliphatic heterocycles. The summed E-state index contributed by atoms with van der Waals surface area (Å²) in [7, 11) is 0. The molecule has 15 heavy (non-hydrogen) atoms. The molecule has 3 N–H and O–H groups in total. The summed E-state index contributed by atoms with van der Waals surface area (Å²) in [5.41, 5.74) is 5.36. The molecule has 0 saturated carbocycles. The van der Waals surface area contributed by atoms with E-state index in [1.165, 1.54) is 0 Å². The third kappa shape index (κ3) is 3.82. The van der Waals surface area contributed by atoms with Gasteiger partial charge in [-0.05, 0) is 26.2 Å². The zero-order chi connectivity index (χ0) is 11.9. The number of nitrogens with two attached hydrogens (primary N) is 1. The highest BCUT2D eigenvalue weighted by Gasteiger charge is 2.33. The molecular weight excluding hydrogens is 188 g/mol. The lowest BCUT2D eigenvalue weighted by molar-refractivity contribution is -0.131. The fourth-order valence-electron chi connectivity index (χ4n) is 1.83. The van der Waals surface area contributed by atoms with E-state index in [0.717, 1.165) is 25.7 Å². The largest absolute Gasteiger partial charge is 0.353 e. The van der Waals surface area contributed by atoms with Gasteiger partial charge in [0.1, 0.15) is 0 Å². The molecular formula is C12H26N2O. The number of amides is 1. The summed E-state index contributed by atoms with van der Waals surface area (Å²) in [6.07, 6.45) is 3.74. The van der Waals surface area contributed by atoms with Crippen molar-refractivity contribution in [3.8, 4) is 0 Å². The summed E-state index contributed by atoms with van der Waals surface area (Å²) in [5.74, 6) is 0.121. The van der Waals surface area contributed by atoms with Crippen LogP contribution < -0.4 is 11.1 Å². The van der Waals surface area contributed by atoms with E-state index in [1.807, 2.05) is 20.8 Å². The summed E-state index contributed by atoms with van der Waals surface area (Å²) in [6.45, 7) is 8.66. The van der Waals surface area contributed by atoms with Gasteiger partial charge in [-0.1, -0.05) is 27.2 Å². The van der Waals surface area contributed by atoms with E-state index in [-0.39, 0.29) is 17.4 Å². The van der Waals surface area contributed by atoms with Crippen molar-refractivity contribution in [2.24, 2.45) is 11.1 Å². The zero-order valence-electron chi connectivity index (χ0n) is 10.6. The first-order valence-corrected chi connectivity index (χ1v) is 6.07. The van der Waals surface area contributed by atoms with E-state index >= 15 is 0 Å². The van der Waals surface area contributed by atoms with Crippen LogP contribution in [0.25, 0.3) is 0 Å². The van der Waals surface area contributed by atoms with Crippen LogP contribution in [-0.4, -0.2) is 18.5 Å². The molecule has 0 rings (SSSR count). The van der Waals surface area contributed by atoms with Gasteiger partial charge in [-0.25, -0.2) is 0 Å². The van der Waals surface area contributed by atoms with Crippen LogP contribution in [-0.2, 0) is 4.79 Å². The van der Waals surface area contributed by atoms with Gasteiger partial charge in [0, 0.05) is 12.6 Å². The Balaban J connectivity index is 4.38. The van der Waals surface area contributed by atoms with Crippen LogP contribution in [0.5, 0.6) is 0 Å². The maximum Gasteiger partial charge on any atom is 0.227 e. The number of rotatable bonds is 7. The molecule has 1 amide bonds. The topological polar surface area (TPSA) is 55.1 Å². The van der Waals surface area contributed by atoms with Crippen LogP contribution in [0.15, 0.2) is 0 Å². The molecule has 1 atom stereocenters. The monoisotopic (exact) mass is 214 g/mol. The Kier molecular flexibility index (Phi) is 6.57. The van der Waals surface area contributed by atoms with Crippen molar-refractivity contribution in [1.82, 2.24) is 5.32 Å². The average molecular weight is 214 g/mol. The second-order valence-electron chi connectivity index (χ2n) is 4.35. The van der Waals surface area contributed by atoms with E-state index in [2.05, 4.69) is 12.2 Å². The van der Waals surface area contributed by atoms with E-state index < -0.39 is 0 Å². The van der Waals surface area contributed by atoms with Gasteiger partial charge in [-0.15, -0.1) is 0 Å². The van der Waals surface area contributed by atoms with Crippen molar-refractivity contribution in [3.05, 3.63) is 0 Å². The molecule has 0 aromatic rings. The van der Waals surface area contributed by atoms with Crippen molar-refractivity contribution in [2.45, 2.75) is 59.4 Å². The first kappa shape index (κ1) is 14.4. The van der Waals surface area contributed by atoms with E-state index in [1.54, 1.807) is 0 Å². The van der Waals surface area contributed by atoms with Crippen LogP contribution in [0, 0.1) is 5.41 Å². The first-order valence-electron chi connectivity index (χ1n) is 6.07. The van der Waals surface area contributed by atoms with Gasteiger partial charge in [0.05, 0.1) is 5.41 Å². The third-order valence-corrected chi connectivity index (χ3v) is 3.33. The highest BCUT2D eigenvalue weighted by atomic mass is 16.2. The predicted octanol–water partition coefficient (Wildman–Crippen LogP) is 2.06. The number of hydrogen-bond donors (Lipinski definition) is 2. The third-order valence-electron chi connectivity index (χ3n) is 3.33. The lowest BCUT2D eigenvalue weighted by Gasteiger charge is -2.30. The van der Waals surface area contributed by atoms with Crippen molar-refractivity contribution in [1.29, 1.82) is 0 Å². The Bertz CT molecular complexity index is 180. The van der Waals surface area contributed by atoms with Gasteiger partial charge in [0.15, 0.2) is 0 Å². The average Bonchev–Trinajstić information content (AvgIpc) is 2.21. The van der Waals surface area contributed by atoms with E-state index in [0.29, 0.717) is 6.54 Å². The minimum atomic E-state index is -0.359. The van der Waals surface area contributed by atoms with Gasteiger partial charge >= 0.3 is 0 Å². The number of carbonyl (C=O) groups excluding carboxylic acids is 1. The smallest absolute Gasteiger partial charge is 0.227 e. The molecule has 90 valence electrons. The molecule has 0 heterocycles. The molecule has 0 aliphatic carbocycles. The van der Waals surface area contributed by atoms with Gasteiger partial charge in [0.2, 0.25) is 5.91 Å². The van der Waals surface area contributed by atoms with E-state index in [4.69, 9.17) is 5.73 Å². The zero-order valence-corrected chi connectivity index (χ0v) is 10.6. The first-order chi connectivity index (χ1) is 7.06. The minimum absolute atomic E-state index is 0.121. The Morgan fingerprint density at radius 1 is 1.33 bits per heavy atom. The Morgan fingerprint density at radius 2 is 1.87 bits per heavy atom. The maximum absolute atomic E-state index is 12.1. The van der Waals surface area contributed by atoms with E-state index in [9.17, 15) is 4.79 Å². The summed E-state index contributed by atoms with van der Waals surface area (Å²) in [5, 5.41) is 3.06. The lowest BCUT2D eigenvalue weighted by atomic mass is 9.81. The molecule has 0 spiro atoms. The molecule has 0 aromatic carbocycles. The number of nitrogens with one attached hydrogen (secondary N) is 1. The normalized spacial score (nSPS) is 13.7. The van der Waals surface area contributed by atoms with Crippen LogP contribution in [0.3, 0.4) is 0 Å². The highest BCUT2D eigenvalue weighted by Crippen LogP contribution is 2.25. The molecule has 1 unspecified atom stereocenters. The fraction of sp³-hybridized carbons (Fsp3) is 0.917. The second kappa shape index (κ2) is 6.83. The molecule has 0 aliphatic rings. The Hall–Kier alpha value is -0.570. The quantitative estimate of drug-likeness (QED) is 0.681. The van der Waals surface area contributed by atoms with Crippen LogP contribution in [0.2, 0.25) is 0 Å². The lowest BCUT2D eigenvalue weighted by Crippen LogP contribution is -2.48. The Labute approximate surface area is 93.8 Å². The molecule has 0 bridgehead atoms. The fourth-order valence-corrected chi connectivity index (χ4v) is 1.83. The summed E-state index contributed by atoms with van der Waals surface area (Å²) in [6, 6.07) is 0.256. The van der Waals surface area contributed by atoms with Crippen molar-refractivity contribution in [3.63, 3.8) is 0 Å². The highest BCUT2D eigenvalue weighted by molar-refractivity contribution is 5.83. The van der Waals surface area contributed by atoms with Gasteiger partial charge in [0.25, 0.3) is 0 Å². The van der Waals surface area contributed by atoms with Gasteiger partial charge in [-0.2, -0.15) is 0 Å². The van der Waals surface area contributed by atoms with Crippen LogP contribution in [0.4, 0.5) is 0 Å². The van der Waals surface area contributed by atoms with Crippen molar-refractivity contribution >= 4 is 5.91 Å². The molecule has 0 fully saturated rings. The maximum atomic E-state index is 12.1. The summed E-state index contributed by atoms with van der Waals surface area (Å²) < 4.78 is 0. The van der Waals surface area contributed by atoms with Crippen molar-refractivity contribution in [2.75, 3.05) is 6.54 Å². The van der Waals surface area contributed by atoms with Gasteiger partial charge < -0.3 is 11.1 Å². The van der Waals surface area contributed by atoms with Crippen LogP contribution in [0.1, 0.15) is 53.4 Å². The van der Waals surface area contributed by atoms with Gasteiger partial charge in [-0.3, -0.25) is 4.79 Å². The standard InChI is InChI=1S/C12H26N2O/c1-5-8-10(4)14-11(15)12(6-2,7-3)9-13/h10H,5-9,13H2,1-4H3,(H,14,15). The number of carbonyl (C=O) groups is 1. The molecule has 3 heteroatoms. The SMILES string of the molecule is CCCC(C)NC(=O)C(CC)(CC)CN. The van der Waals surface area contributed by atoms with Crippen LogP contribution >= 0.6 is 0 Å². The predicted molar refractivity (Wildman–Crippen MR) is 64.6 cm³/mol. The minimum Gasteiger partial charge on any atom is -0.353 e. The molecule has 0 radical (unpaired) electrons. The summed E-state index contributed by atoms with van der Waals surface area (Å²) in [4.78, 5) is 12.1. The second-order valence-corrected chi connectivity index (χ2v) is 4.35. The summed E-state index contributed by atoms with van der Waals surface area (Å²) >= 11 is 0. The number of hydrogen-bond acceptors (Lipinski definition) is 2. The molecule has 0 aromatic heterocycles. The molecule has 3 nitrogen and oxygen atoms in total. The Morgan fingerprint density at radius 3 is 2.20 bits per heavy atom. The molecule has 0 saturated heterocycles. The van der Waals surface area contributed by atoms with Crippen molar-refractivity contribution < 1.29 is 4.79 Å².